The highest BCUT2D eigenvalue weighted by atomic mass is 31.2. The lowest BCUT2D eigenvalue weighted by Crippen LogP contribution is -2.09. The van der Waals surface area contributed by atoms with Crippen LogP contribution in [0.25, 0.3) is 0 Å². The molecule has 0 saturated heterocycles. The highest BCUT2D eigenvalue weighted by Crippen LogP contribution is 2.50. The third-order valence-electron chi connectivity index (χ3n) is 3.89. The Morgan fingerprint density at radius 1 is 0.552 bits per heavy atom. The van der Waals surface area contributed by atoms with Crippen LogP contribution in [0.1, 0.15) is 45.7 Å². The number of rotatable bonds is 6. The minimum Gasteiger partial charge on any atom is -0.415 e. The van der Waals surface area contributed by atoms with Gasteiger partial charge in [-0.2, -0.15) is 0 Å². The summed E-state index contributed by atoms with van der Waals surface area (Å²) in [4.78, 5) is 0. The Kier molecular flexibility index (Phi) is 3.51. The van der Waals surface area contributed by atoms with Crippen molar-refractivity contribution in [2.24, 2.45) is 0 Å². The third kappa shape index (κ3) is 5.92. The van der Waals surface area contributed by atoms with Crippen LogP contribution < -0.4 is 13.6 Å². The van der Waals surface area contributed by atoms with E-state index in [4.69, 9.17) is 25.9 Å². The monoisotopic (exact) mass is 417 g/mol. The molecule has 152 valence electrons. The van der Waals surface area contributed by atoms with Crippen LogP contribution in [0.4, 0.5) is 0 Å². The maximum Gasteiger partial charge on any atom is 0.409 e. The Hall–Kier alpha value is -2.64. The van der Waals surface area contributed by atoms with Gasteiger partial charge in [-0.15, -0.1) is 0 Å². The molecule has 29 heavy (non-hydrogen) atoms. The minimum atomic E-state index is -3.71. The fourth-order valence-electron chi connectivity index (χ4n) is 2.94. The molecule has 0 aliphatic heterocycles. The summed E-state index contributed by atoms with van der Waals surface area (Å²) >= 11 is 0. The van der Waals surface area contributed by atoms with E-state index in [9.17, 15) is 0 Å². The molecule has 0 fully saturated rings. The van der Waals surface area contributed by atoms with Gasteiger partial charge in [-0.3, -0.25) is 0 Å². The van der Waals surface area contributed by atoms with Crippen LogP contribution in [-0.2, 0) is 0 Å². The Morgan fingerprint density at radius 2 is 0.828 bits per heavy atom. The van der Waals surface area contributed by atoms with Gasteiger partial charge in [-0.1, -0.05) is 18.2 Å². The maximum atomic E-state index is 7.77. The van der Waals surface area contributed by atoms with Crippen LogP contribution in [0.5, 0.6) is 17.2 Å². The van der Waals surface area contributed by atoms with Gasteiger partial charge < -0.3 is 13.6 Å². The molecule has 3 aromatic carbocycles. The molecule has 0 aliphatic rings. The van der Waals surface area contributed by atoms with E-state index in [-0.39, 0.29) is 33.9 Å². The van der Waals surface area contributed by atoms with Crippen molar-refractivity contribution < 1.29 is 25.9 Å². The fraction of sp³-hybridized carbons (Fsp3) is 0.240. The summed E-state index contributed by atoms with van der Waals surface area (Å²) in [6.45, 7) is -2.07. The number of hydrogen-bond acceptors (Lipinski definition) is 3. The molecule has 0 spiro atoms. The lowest BCUT2D eigenvalue weighted by Gasteiger charge is -2.26. The van der Waals surface area contributed by atoms with E-state index >= 15 is 0 Å². The predicted molar refractivity (Wildman–Crippen MR) is 124 cm³/mol. The first-order chi connectivity index (χ1) is 17.2. The molecule has 3 rings (SSSR count). The second kappa shape index (κ2) is 8.39. The Bertz CT molecular complexity index is 1210. The van der Waals surface area contributed by atoms with Crippen LogP contribution >= 0.6 is 7.57 Å². The maximum absolute atomic E-state index is 7.77. The van der Waals surface area contributed by atoms with Gasteiger partial charge in [0.1, 0.15) is 17.2 Å². The van der Waals surface area contributed by atoms with Crippen LogP contribution in [0.3, 0.4) is 0 Å². The summed E-state index contributed by atoms with van der Waals surface area (Å²) in [5.41, 5.74) is 1.96. The molecule has 0 unspecified atom stereocenters. The number of hydrogen-bond donors (Lipinski definition) is 0. The summed E-state index contributed by atoms with van der Waals surface area (Å²) in [5, 5.41) is 0. The summed E-state index contributed by atoms with van der Waals surface area (Å²) < 4.78 is 88.2. The zero-order valence-electron chi connectivity index (χ0n) is 25.6. The van der Waals surface area contributed by atoms with Crippen LogP contribution in [0, 0.1) is 41.3 Å². The molecule has 0 amide bonds. The van der Waals surface area contributed by atoms with Crippen LogP contribution in [0.15, 0.2) is 54.6 Å². The molecule has 0 aliphatic carbocycles. The highest BCUT2D eigenvalue weighted by Gasteiger charge is 2.24. The van der Waals surface area contributed by atoms with Crippen molar-refractivity contribution in [3.63, 3.8) is 0 Å². The first kappa shape index (κ1) is 12.1. The van der Waals surface area contributed by atoms with E-state index in [2.05, 4.69) is 6.30 Å². The molecule has 0 saturated carbocycles. The molecule has 0 heterocycles. The molecule has 0 radical (unpaired) electrons. The van der Waals surface area contributed by atoms with Crippen molar-refractivity contribution in [2.75, 3.05) is 0 Å². The minimum absolute atomic E-state index is 0.0412. The summed E-state index contributed by atoms with van der Waals surface area (Å²) in [6, 6.07) is 13.3. The van der Waals surface area contributed by atoms with E-state index in [1.54, 1.807) is 39.0 Å². The van der Waals surface area contributed by atoms with Crippen molar-refractivity contribution in [1.29, 1.82) is 0 Å². The topological polar surface area (TPSA) is 27.7 Å². The molecular weight excluding hydrogens is 379 g/mol. The SMILES string of the molecule is [2H]C([2H])([2H])c1cc(C)cc(OP(=C)(Oc2cc(C)cc(C([2H])([2H])[2H])c2)Oc2cc(C)cc(C([2H])([2H])[2H])c2)c1. The van der Waals surface area contributed by atoms with Crippen molar-refractivity contribution in [3.8, 4) is 17.2 Å². The van der Waals surface area contributed by atoms with E-state index in [1.165, 1.54) is 36.4 Å². The van der Waals surface area contributed by atoms with Gasteiger partial charge in [-0.05, 0) is 111 Å². The fourth-order valence-corrected chi connectivity index (χ4v) is 4.33. The average Bonchev–Trinajstić information content (AvgIpc) is 2.70. The van der Waals surface area contributed by atoms with Gasteiger partial charge in [0, 0.05) is 18.6 Å². The molecule has 3 aromatic rings. The lowest BCUT2D eigenvalue weighted by molar-refractivity contribution is 0.381. The molecule has 0 aromatic heterocycles. The standard InChI is InChI=1S/C25H29O3P/c1-17-8-18(2)12-23(11-17)26-29(7,27-24-13-19(3)9-20(4)14-24)28-25-15-21(5)10-22(6)16-25/h8-16H,7H2,1-6H3/i1D3,3D3,5D3. The first-order valence-electron chi connectivity index (χ1n) is 13.4. The molecular formula is C25H29O3P. The quantitative estimate of drug-likeness (QED) is 0.395. The summed E-state index contributed by atoms with van der Waals surface area (Å²) in [7, 11) is -3.71. The smallest absolute Gasteiger partial charge is 0.409 e. The Labute approximate surface area is 187 Å². The number of benzene rings is 3. The van der Waals surface area contributed by atoms with Crippen molar-refractivity contribution in [2.45, 2.75) is 41.3 Å². The van der Waals surface area contributed by atoms with Crippen LogP contribution in [0.2, 0.25) is 0 Å². The van der Waals surface area contributed by atoms with E-state index in [0.717, 1.165) is 0 Å². The second-order valence-electron chi connectivity index (χ2n) is 6.99. The van der Waals surface area contributed by atoms with E-state index in [0.29, 0.717) is 16.7 Å². The highest BCUT2D eigenvalue weighted by molar-refractivity contribution is 7.60. The van der Waals surface area contributed by atoms with E-state index < -0.39 is 28.1 Å². The summed E-state index contributed by atoms with van der Waals surface area (Å²) in [5.74, 6) is 0.352. The largest absolute Gasteiger partial charge is 0.415 e. The lowest BCUT2D eigenvalue weighted by atomic mass is 10.1. The van der Waals surface area contributed by atoms with Crippen molar-refractivity contribution in [1.82, 2.24) is 0 Å². The molecule has 3 nitrogen and oxygen atoms in total. The molecule has 0 atom stereocenters. The van der Waals surface area contributed by atoms with Gasteiger partial charge in [-0.25, -0.2) is 0 Å². The Balaban J connectivity index is 2.11. The van der Waals surface area contributed by atoms with Crippen molar-refractivity contribution >= 4 is 13.9 Å². The zero-order valence-corrected chi connectivity index (χ0v) is 17.5. The molecule has 4 heteroatoms. The normalized spacial score (nSPS) is 17.1. The van der Waals surface area contributed by atoms with Gasteiger partial charge >= 0.3 is 7.57 Å². The summed E-state index contributed by atoms with van der Waals surface area (Å²) in [6.07, 6.45) is 4.04. The van der Waals surface area contributed by atoms with E-state index in [1.807, 2.05) is 0 Å². The van der Waals surface area contributed by atoms with Gasteiger partial charge in [0.05, 0.1) is 0 Å². The molecule has 0 N–H and O–H groups in total. The molecule has 0 bridgehead atoms. The predicted octanol–water partition coefficient (Wildman–Crippen LogP) is 7.27. The van der Waals surface area contributed by atoms with Gasteiger partial charge in [0.2, 0.25) is 0 Å². The zero-order chi connectivity index (χ0) is 28.7. The van der Waals surface area contributed by atoms with Crippen molar-refractivity contribution in [3.05, 3.63) is 88.0 Å². The first-order valence-corrected chi connectivity index (χ1v) is 10.7. The van der Waals surface area contributed by atoms with Crippen LogP contribution in [-0.4, -0.2) is 6.30 Å². The van der Waals surface area contributed by atoms with Gasteiger partial charge in [0.15, 0.2) is 0 Å². The Morgan fingerprint density at radius 3 is 1.10 bits per heavy atom. The number of aryl methyl sites for hydroxylation is 6. The third-order valence-corrected chi connectivity index (χ3v) is 5.35. The second-order valence-corrected chi connectivity index (χ2v) is 8.76. The van der Waals surface area contributed by atoms with Gasteiger partial charge in [0.25, 0.3) is 0 Å². The average molecular weight is 418 g/mol.